The second kappa shape index (κ2) is 4.52. The molecule has 0 saturated heterocycles. The van der Waals surface area contributed by atoms with Gasteiger partial charge < -0.3 is 9.88 Å². The SMILES string of the molecule is O=CNc1ccc(-n2ccnc2)c(C(F)(F)F)c1. The quantitative estimate of drug-likeness (QED) is 0.856. The fourth-order valence-corrected chi connectivity index (χ4v) is 1.55. The number of hydrogen-bond acceptors (Lipinski definition) is 2. The molecular weight excluding hydrogens is 247 g/mol. The smallest absolute Gasteiger partial charge is 0.329 e. The zero-order chi connectivity index (χ0) is 13.2. The van der Waals surface area contributed by atoms with Crippen molar-refractivity contribution in [1.82, 2.24) is 9.55 Å². The van der Waals surface area contributed by atoms with E-state index >= 15 is 0 Å². The second-order valence-corrected chi connectivity index (χ2v) is 3.46. The summed E-state index contributed by atoms with van der Waals surface area (Å²) in [5, 5.41) is 2.19. The van der Waals surface area contributed by atoms with Crippen molar-refractivity contribution in [2.24, 2.45) is 0 Å². The second-order valence-electron chi connectivity index (χ2n) is 3.46. The van der Waals surface area contributed by atoms with Gasteiger partial charge in [0.2, 0.25) is 6.41 Å². The van der Waals surface area contributed by atoms with Crippen molar-refractivity contribution in [3.63, 3.8) is 0 Å². The number of nitrogens with one attached hydrogen (secondary N) is 1. The summed E-state index contributed by atoms with van der Waals surface area (Å²) in [6.45, 7) is 0. The van der Waals surface area contributed by atoms with Gasteiger partial charge >= 0.3 is 6.18 Å². The Kier molecular flexibility index (Phi) is 3.05. The Morgan fingerprint density at radius 2 is 2.11 bits per heavy atom. The van der Waals surface area contributed by atoms with Crippen molar-refractivity contribution in [1.29, 1.82) is 0 Å². The normalized spacial score (nSPS) is 11.3. The molecule has 1 aromatic carbocycles. The van der Waals surface area contributed by atoms with Gasteiger partial charge in [-0.05, 0) is 18.2 Å². The topological polar surface area (TPSA) is 46.9 Å². The third kappa shape index (κ3) is 2.34. The van der Waals surface area contributed by atoms with Crippen LogP contribution in [-0.2, 0) is 11.0 Å². The molecule has 7 heteroatoms. The predicted octanol–water partition coefficient (Wildman–Crippen LogP) is 2.46. The number of anilines is 1. The van der Waals surface area contributed by atoms with Crippen LogP contribution in [-0.4, -0.2) is 16.0 Å². The Hall–Kier alpha value is -2.31. The first-order valence-corrected chi connectivity index (χ1v) is 4.92. The van der Waals surface area contributed by atoms with Gasteiger partial charge in [-0.15, -0.1) is 0 Å². The molecule has 1 amide bonds. The minimum absolute atomic E-state index is 0.0450. The summed E-state index contributed by atoms with van der Waals surface area (Å²) in [6.07, 6.45) is -0.112. The summed E-state index contributed by atoms with van der Waals surface area (Å²) in [4.78, 5) is 13.9. The van der Waals surface area contributed by atoms with E-state index in [1.807, 2.05) is 0 Å². The third-order valence-electron chi connectivity index (χ3n) is 2.31. The highest BCUT2D eigenvalue weighted by atomic mass is 19.4. The molecule has 2 aromatic rings. The van der Waals surface area contributed by atoms with Gasteiger partial charge in [0.05, 0.1) is 17.6 Å². The van der Waals surface area contributed by atoms with E-state index in [1.54, 1.807) is 0 Å². The van der Waals surface area contributed by atoms with Crippen molar-refractivity contribution < 1.29 is 18.0 Å². The number of hydrogen-bond donors (Lipinski definition) is 1. The Labute approximate surface area is 100 Å². The van der Waals surface area contributed by atoms with Crippen molar-refractivity contribution in [3.8, 4) is 5.69 Å². The van der Waals surface area contributed by atoms with E-state index in [1.165, 1.54) is 35.4 Å². The van der Waals surface area contributed by atoms with Crippen LogP contribution in [0.1, 0.15) is 5.56 Å². The van der Waals surface area contributed by atoms with Crippen molar-refractivity contribution in [2.75, 3.05) is 5.32 Å². The molecule has 0 atom stereocenters. The predicted molar refractivity (Wildman–Crippen MR) is 58.3 cm³/mol. The lowest BCUT2D eigenvalue weighted by molar-refractivity contribution is -0.137. The van der Waals surface area contributed by atoms with Crippen LogP contribution in [0.4, 0.5) is 18.9 Å². The maximum Gasteiger partial charge on any atom is 0.418 e. The van der Waals surface area contributed by atoms with Gasteiger partial charge in [-0.1, -0.05) is 0 Å². The lowest BCUT2D eigenvalue weighted by atomic mass is 10.1. The van der Waals surface area contributed by atoms with Crippen LogP contribution in [0.3, 0.4) is 0 Å². The Bertz CT molecular complexity index is 549. The molecule has 2 rings (SSSR count). The number of nitrogens with zero attached hydrogens (tertiary/aromatic N) is 2. The molecule has 1 heterocycles. The molecule has 94 valence electrons. The van der Waals surface area contributed by atoms with Crippen molar-refractivity contribution >= 4 is 12.1 Å². The molecule has 1 aromatic heterocycles. The Balaban J connectivity index is 2.56. The monoisotopic (exact) mass is 255 g/mol. The van der Waals surface area contributed by atoms with Crippen LogP contribution in [0.25, 0.3) is 5.69 Å². The van der Waals surface area contributed by atoms with Gasteiger partial charge in [0, 0.05) is 18.1 Å². The van der Waals surface area contributed by atoms with E-state index in [-0.39, 0.29) is 11.4 Å². The highest BCUT2D eigenvalue weighted by Gasteiger charge is 2.34. The molecule has 0 radical (unpaired) electrons. The lowest BCUT2D eigenvalue weighted by Crippen LogP contribution is -2.11. The molecule has 0 bridgehead atoms. The van der Waals surface area contributed by atoms with Crippen LogP contribution in [0.2, 0.25) is 0 Å². The number of amides is 1. The van der Waals surface area contributed by atoms with Crippen LogP contribution >= 0.6 is 0 Å². The first-order chi connectivity index (χ1) is 8.52. The molecule has 0 spiro atoms. The maximum atomic E-state index is 12.9. The van der Waals surface area contributed by atoms with E-state index in [0.717, 1.165) is 6.07 Å². The van der Waals surface area contributed by atoms with E-state index in [9.17, 15) is 18.0 Å². The zero-order valence-corrected chi connectivity index (χ0v) is 8.98. The highest BCUT2D eigenvalue weighted by molar-refractivity contribution is 5.72. The van der Waals surface area contributed by atoms with E-state index in [0.29, 0.717) is 6.41 Å². The fraction of sp³-hybridized carbons (Fsp3) is 0.0909. The Morgan fingerprint density at radius 3 is 2.67 bits per heavy atom. The lowest BCUT2D eigenvalue weighted by Gasteiger charge is -2.14. The number of halogens is 3. The average molecular weight is 255 g/mol. The van der Waals surface area contributed by atoms with Crippen molar-refractivity contribution in [3.05, 3.63) is 42.5 Å². The summed E-state index contributed by atoms with van der Waals surface area (Å²) < 4.78 is 40.0. The average Bonchev–Trinajstić information content (AvgIpc) is 2.81. The fourth-order valence-electron chi connectivity index (χ4n) is 1.55. The van der Waals surface area contributed by atoms with Gasteiger partial charge in [-0.3, -0.25) is 4.79 Å². The molecule has 0 aliphatic rings. The van der Waals surface area contributed by atoms with Crippen LogP contribution in [0, 0.1) is 0 Å². The van der Waals surface area contributed by atoms with Gasteiger partial charge in [-0.2, -0.15) is 13.2 Å². The molecule has 0 aliphatic carbocycles. The van der Waals surface area contributed by atoms with Gasteiger partial charge in [-0.25, -0.2) is 4.98 Å². The number of rotatable bonds is 3. The van der Waals surface area contributed by atoms with E-state index in [2.05, 4.69) is 10.3 Å². The summed E-state index contributed by atoms with van der Waals surface area (Å²) in [6, 6.07) is 3.54. The molecular formula is C11H8F3N3O. The zero-order valence-electron chi connectivity index (χ0n) is 8.98. The first kappa shape index (κ1) is 12.2. The number of carbonyl (C=O) groups is 1. The maximum absolute atomic E-state index is 12.9. The standard InChI is InChI=1S/C11H8F3N3O/c12-11(13,14)9-5-8(16-7-18)1-2-10(9)17-4-3-15-6-17/h1-7H,(H,16,18). The summed E-state index contributed by atoms with van der Waals surface area (Å²) in [5.41, 5.74) is -0.801. The molecule has 0 fully saturated rings. The van der Waals surface area contributed by atoms with Crippen LogP contribution < -0.4 is 5.32 Å². The molecule has 0 aliphatic heterocycles. The van der Waals surface area contributed by atoms with Gasteiger partial charge in [0.15, 0.2) is 0 Å². The van der Waals surface area contributed by atoms with Crippen molar-refractivity contribution in [2.45, 2.75) is 6.18 Å². The van der Waals surface area contributed by atoms with Gasteiger partial charge in [0.1, 0.15) is 0 Å². The third-order valence-corrected chi connectivity index (χ3v) is 2.31. The summed E-state index contributed by atoms with van der Waals surface area (Å²) >= 11 is 0. The molecule has 0 saturated carbocycles. The number of imidazole rings is 1. The molecule has 1 N–H and O–H groups in total. The van der Waals surface area contributed by atoms with E-state index < -0.39 is 11.7 Å². The van der Waals surface area contributed by atoms with Gasteiger partial charge in [0.25, 0.3) is 0 Å². The number of alkyl halides is 3. The van der Waals surface area contributed by atoms with E-state index in [4.69, 9.17) is 0 Å². The Morgan fingerprint density at radius 1 is 1.33 bits per heavy atom. The van der Waals surface area contributed by atoms with Crippen LogP contribution in [0.5, 0.6) is 0 Å². The number of carbonyl (C=O) groups excluding carboxylic acids is 1. The number of aromatic nitrogens is 2. The number of benzene rings is 1. The summed E-state index contributed by atoms with van der Waals surface area (Å²) in [7, 11) is 0. The largest absolute Gasteiger partial charge is 0.418 e. The minimum atomic E-state index is -4.51. The molecule has 18 heavy (non-hydrogen) atoms. The molecule has 4 nitrogen and oxygen atoms in total. The summed E-state index contributed by atoms with van der Waals surface area (Å²) in [5.74, 6) is 0. The molecule has 0 unspecified atom stereocenters. The first-order valence-electron chi connectivity index (χ1n) is 4.92. The minimum Gasteiger partial charge on any atom is -0.329 e. The highest BCUT2D eigenvalue weighted by Crippen LogP contribution is 2.35. The van der Waals surface area contributed by atoms with Crippen LogP contribution in [0.15, 0.2) is 36.9 Å².